The van der Waals surface area contributed by atoms with Crippen LogP contribution in [0.15, 0.2) is 59.6 Å². The van der Waals surface area contributed by atoms with Gasteiger partial charge in [0.25, 0.3) is 0 Å². The van der Waals surface area contributed by atoms with E-state index >= 15 is 0 Å². The minimum Gasteiger partial charge on any atom is -0.392 e. The molecule has 150 valence electrons. The van der Waals surface area contributed by atoms with Crippen molar-refractivity contribution in [3.63, 3.8) is 0 Å². The molecule has 1 heterocycles. The number of sulfonamides is 1. The van der Waals surface area contributed by atoms with Crippen molar-refractivity contribution < 1.29 is 13.5 Å². The number of aliphatic hydroxyl groups excluding tert-OH is 1. The molecule has 0 aliphatic rings. The molecule has 3 aromatic rings. The van der Waals surface area contributed by atoms with Crippen LogP contribution in [0.5, 0.6) is 0 Å². The predicted octanol–water partition coefficient (Wildman–Crippen LogP) is 3.74. The van der Waals surface area contributed by atoms with Crippen LogP contribution in [0.25, 0.3) is 10.9 Å². The molecule has 6 heteroatoms. The smallest absolute Gasteiger partial charge is 0.240 e. The molecular weight excluding hydrogens is 372 g/mol. The van der Waals surface area contributed by atoms with E-state index in [1.54, 1.807) is 19.1 Å². The first-order valence-corrected chi connectivity index (χ1v) is 10.9. The topological polar surface area (TPSA) is 82.2 Å². The number of aromatic nitrogens is 1. The molecule has 0 saturated carbocycles. The maximum absolute atomic E-state index is 12.9. The summed E-state index contributed by atoms with van der Waals surface area (Å²) in [5.74, 6) is 0. The molecule has 2 atom stereocenters. The van der Waals surface area contributed by atoms with Crippen LogP contribution < -0.4 is 4.72 Å². The van der Waals surface area contributed by atoms with E-state index in [0.29, 0.717) is 6.42 Å². The molecule has 0 aliphatic heterocycles. The summed E-state index contributed by atoms with van der Waals surface area (Å²) in [6.07, 6.45) is 1.42. The summed E-state index contributed by atoms with van der Waals surface area (Å²) >= 11 is 0. The first kappa shape index (κ1) is 20.6. The number of nitrogens with one attached hydrogen (secondary N) is 2. The third-order valence-electron chi connectivity index (χ3n) is 5.03. The van der Waals surface area contributed by atoms with Gasteiger partial charge in [-0.2, -0.15) is 0 Å². The fourth-order valence-corrected chi connectivity index (χ4v) is 4.56. The van der Waals surface area contributed by atoms with Crippen LogP contribution in [0, 0.1) is 0 Å². The van der Waals surface area contributed by atoms with Crippen LogP contribution in [-0.2, 0) is 21.9 Å². The average Bonchev–Trinajstić information content (AvgIpc) is 3.03. The van der Waals surface area contributed by atoms with E-state index in [-0.39, 0.29) is 10.3 Å². The van der Waals surface area contributed by atoms with Crippen LogP contribution in [-0.4, -0.2) is 30.7 Å². The molecule has 3 rings (SSSR count). The summed E-state index contributed by atoms with van der Waals surface area (Å²) in [7, 11) is -3.74. The summed E-state index contributed by atoms with van der Waals surface area (Å²) in [4.78, 5) is 3.39. The van der Waals surface area contributed by atoms with Crippen molar-refractivity contribution >= 4 is 20.9 Å². The van der Waals surface area contributed by atoms with E-state index < -0.39 is 22.2 Å². The molecule has 0 bridgehead atoms. The SMILES string of the molecule is CC(O)C(Cc1c[nH]c2ccccc12)NS(=O)(=O)c1ccc(C(C)(C)C)cc1. The normalized spacial score (nSPS) is 14.9. The Bertz CT molecular complexity index is 1050. The van der Waals surface area contributed by atoms with E-state index in [2.05, 4.69) is 30.5 Å². The van der Waals surface area contributed by atoms with Crippen LogP contribution in [0.4, 0.5) is 0 Å². The van der Waals surface area contributed by atoms with Gasteiger partial charge in [0.1, 0.15) is 0 Å². The predicted molar refractivity (Wildman–Crippen MR) is 113 cm³/mol. The Morgan fingerprint density at radius 1 is 1.07 bits per heavy atom. The molecular formula is C22H28N2O3S. The summed E-state index contributed by atoms with van der Waals surface area (Å²) in [6.45, 7) is 7.85. The number of aliphatic hydroxyl groups is 1. The van der Waals surface area contributed by atoms with Crippen molar-refractivity contribution in [1.29, 1.82) is 0 Å². The van der Waals surface area contributed by atoms with Gasteiger partial charge in [0.15, 0.2) is 0 Å². The van der Waals surface area contributed by atoms with Gasteiger partial charge >= 0.3 is 0 Å². The Hall–Kier alpha value is -2.15. The van der Waals surface area contributed by atoms with Crippen molar-refractivity contribution in [2.45, 2.75) is 56.6 Å². The van der Waals surface area contributed by atoms with Gasteiger partial charge in [0.2, 0.25) is 10.0 Å². The van der Waals surface area contributed by atoms with Gasteiger partial charge in [-0.25, -0.2) is 13.1 Å². The molecule has 0 amide bonds. The highest BCUT2D eigenvalue weighted by Crippen LogP contribution is 2.24. The molecule has 0 saturated heterocycles. The van der Waals surface area contributed by atoms with Crippen molar-refractivity contribution in [2.75, 3.05) is 0 Å². The number of aromatic amines is 1. The highest BCUT2D eigenvalue weighted by molar-refractivity contribution is 7.89. The van der Waals surface area contributed by atoms with Crippen molar-refractivity contribution in [3.8, 4) is 0 Å². The monoisotopic (exact) mass is 400 g/mol. The molecule has 0 radical (unpaired) electrons. The van der Waals surface area contributed by atoms with Gasteiger partial charge in [-0.3, -0.25) is 0 Å². The fraction of sp³-hybridized carbons (Fsp3) is 0.364. The van der Waals surface area contributed by atoms with Gasteiger partial charge in [-0.05, 0) is 48.1 Å². The van der Waals surface area contributed by atoms with Crippen LogP contribution in [0.1, 0.15) is 38.8 Å². The lowest BCUT2D eigenvalue weighted by atomic mass is 9.87. The summed E-state index contributed by atoms with van der Waals surface area (Å²) in [6, 6.07) is 14.1. The third-order valence-corrected chi connectivity index (χ3v) is 6.54. The maximum atomic E-state index is 12.9. The lowest BCUT2D eigenvalue weighted by Gasteiger charge is -2.22. The summed E-state index contributed by atoms with van der Waals surface area (Å²) in [5.41, 5.74) is 2.97. The van der Waals surface area contributed by atoms with E-state index in [1.807, 2.05) is 42.6 Å². The molecule has 0 fully saturated rings. The number of para-hydroxylation sites is 1. The highest BCUT2D eigenvalue weighted by Gasteiger charge is 2.25. The van der Waals surface area contributed by atoms with Gasteiger partial charge < -0.3 is 10.1 Å². The number of hydrogen-bond acceptors (Lipinski definition) is 3. The molecule has 1 aromatic heterocycles. The first-order chi connectivity index (χ1) is 13.1. The molecule has 0 aliphatic carbocycles. The van der Waals surface area contributed by atoms with Gasteiger partial charge in [0.05, 0.1) is 17.0 Å². The largest absolute Gasteiger partial charge is 0.392 e. The summed E-state index contributed by atoms with van der Waals surface area (Å²) in [5, 5.41) is 11.2. The van der Waals surface area contributed by atoms with Gasteiger partial charge in [0, 0.05) is 17.1 Å². The fourth-order valence-electron chi connectivity index (χ4n) is 3.25. The molecule has 28 heavy (non-hydrogen) atoms. The van der Waals surface area contributed by atoms with E-state index in [4.69, 9.17) is 0 Å². The van der Waals surface area contributed by atoms with Crippen LogP contribution in [0.3, 0.4) is 0 Å². The van der Waals surface area contributed by atoms with Crippen molar-refractivity contribution in [3.05, 3.63) is 65.9 Å². The van der Waals surface area contributed by atoms with Gasteiger partial charge in [-0.1, -0.05) is 51.1 Å². The zero-order chi connectivity index (χ0) is 20.5. The van der Waals surface area contributed by atoms with E-state index in [9.17, 15) is 13.5 Å². The molecule has 2 unspecified atom stereocenters. The Kier molecular flexibility index (Phi) is 5.66. The number of fused-ring (bicyclic) bond motifs is 1. The average molecular weight is 401 g/mol. The van der Waals surface area contributed by atoms with Crippen LogP contribution >= 0.6 is 0 Å². The summed E-state index contributed by atoms with van der Waals surface area (Å²) < 4.78 is 28.4. The Balaban J connectivity index is 1.83. The highest BCUT2D eigenvalue weighted by atomic mass is 32.2. The van der Waals surface area contributed by atoms with E-state index in [1.165, 1.54) is 0 Å². The lowest BCUT2D eigenvalue weighted by Crippen LogP contribution is -2.43. The second-order valence-corrected chi connectivity index (χ2v) is 10.0. The molecule has 5 nitrogen and oxygen atoms in total. The number of benzene rings is 2. The number of H-pyrrole nitrogens is 1. The zero-order valence-corrected chi connectivity index (χ0v) is 17.5. The number of rotatable bonds is 6. The lowest BCUT2D eigenvalue weighted by molar-refractivity contribution is 0.156. The zero-order valence-electron chi connectivity index (χ0n) is 16.7. The molecule has 0 spiro atoms. The minimum absolute atomic E-state index is 0.0484. The van der Waals surface area contributed by atoms with Crippen LogP contribution in [0.2, 0.25) is 0 Å². The Morgan fingerprint density at radius 3 is 2.32 bits per heavy atom. The second kappa shape index (κ2) is 7.70. The first-order valence-electron chi connectivity index (χ1n) is 9.44. The Morgan fingerprint density at radius 2 is 1.71 bits per heavy atom. The van der Waals surface area contributed by atoms with Crippen molar-refractivity contribution in [1.82, 2.24) is 9.71 Å². The Labute approximate surface area is 166 Å². The second-order valence-electron chi connectivity index (χ2n) is 8.31. The molecule has 3 N–H and O–H groups in total. The third kappa shape index (κ3) is 4.46. The van der Waals surface area contributed by atoms with Gasteiger partial charge in [-0.15, -0.1) is 0 Å². The number of hydrogen-bond donors (Lipinski definition) is 3. The van der Waals surface area contributed by atoms with Crippen molar-refractivity contribution in [2.24, 2.45) is 0 Å². The molecule has 2 aromatic carbocycles. The standard InChI is InChI=1S/C22H28N2O3S/c1-15(25)21(13-16-14-23-20-8-6-5-7-19(16)20)24-28(26,27)18-11-9-17(10-12-18)22(2,3)4/h5-12,14-15,21,23-25H,13H2,1-4H3. The minimum atomic E-state index is -3.74. The maximum Gasteiger partial charge on any atom is 0.240 e. The van der Waals surface area contributed by atoms with E-state index in [0.717, 1.165) is 22.0 Å². The quantitative estimate of drug-likeness (QED) is 0.590.